The highest BCUT2D eigenvalue weighted by Gasteiger charge is 2.15. The molecule has 3 N–H and O–H groups in total. The quantitative estimate of drug-likeness (QED) is 0.764. The molecule has 126 valence electrons. The molecule has 0 aliphatic heterocycles. The Morgan fingerprint density at radius 1 is 1.08 bits per heavy atom. The summed E-state index contributed by atoms with van der Waals surface area (Å²) in [5.41, 5.74) is 9.15. The lowest BCUT2D eigenvalue weighted by Gasteiger charge is -2.09. The first-order valence-corrected chi connectivity index (χ1v) is 7.72. The van der Waals surface area contributed by atoms with Gasteiger partial charge in [-0.2, -0.15) is 0 Å². The minimum absolute atomic E-state index is 0.0851. The molecule has 0 saturated heterocycles. The lowest BCUT2D eigenvalue weighted by molar-refractivity contribution is 0.102. The van der Waals surface area contributed by atoms with Crippen molar-refractivity contribution in [1.29, 1.82) is 0 Å². The average Bonchev–Trinajstić information content (AvgIpc) is 2.63. The van der Waals surface area contributed by atoms with Crippen molar-refractivity contribution in [3.8, 4) is 17.0 Å². The zero-order chi connectivity index (χ0) is 17.8. The summed E-state index contributed by atoms with van der Waals surface area (Å²) < 4.78 is 5.10. The topological polar surface area (TPSA) is 90.1 Å². The molecule has 6 heteroatoms. The molecule has 0 fully saturated rings. The Morgan fingerprint density at radius 3 is 2.40 bits per heavy atom. The van der Waals surface area contributed by atoms with E-state index in [0.717, 1.165) is 11.1 Å². The summed E-state index contributed by atoms with van der Waals surface area (Å²) in [6.07, 6.45) is 1.56. The van der Waals surface area contributed by atoms with Gasteiger partial charge in [-0.25, -0.2) is 9.97 Å². The number of carbonyl (C=O) groups excluding carboxylic acids is 1. The van der Waals surface area contributed by atoms with Crippen LogP contribution in [0.4, 0.5) is 11.5 Å². The minimum Gasteiger partial charge on any atom is -0.497 e. The number of hydrogen-bond donors (Lipinski definition) is 2. The van der Waals surface area contributed by atoms with Crippen molar-refractivity contribution in [2.75, 3.05) is 18.2 Å². The molecule has 0 atom stereocenters. The Hall–Kier alpha value is -3.41. The maximum atomic E-state index is 12.5. The van der Waals surface area contributed by atoms with Crippen molar-refractivity contribution < 1.29 is 9.53 Å². The van der Waals surface area contributed by atoms with E-state index in [0.29, 0.717) is 17.1 Å². The van der Waals surface area contributed by atoms with E-state index in [1.54, 1.807) is 37.6 Å². The number of nitrogens with one attached hydrogen (secondary N) is 1. The van der Waals surface area contributed by atoms with E-state index in [-0.39, 0.29) is 11.5 Å². The van der Waals surface area contributed by atoms with Crippen molar-refractivity contribution in [3.05, 3.63) is 66.0 Å². The van der Waals surface area contributed by atoms with Crippen LogP contribution in [0.1, 0.15) is 16.1 Å². The van der Waals surface area contributed by atoms with Gasteiger partial charge in [-0.15, -0.1) is 0 Å². The molecule has 25 heavy (non-hydrogen) atoms. The molecule has 0 bridgehead atoms. The molecular formula is C19H18N4O2. The van der Waals surface area contributed by atoms with Crippen LogP contribution in [0.2, 0.25) is 0 Å². The van der Waals surface area contributed by atoms with Crippen LogP contribution in [0.5, 0.6) is 5.75 Å². The fourth-order valence-electron chi connectivity index (χ4n) is 2.29. The third kappa shape index (κ3) is 3.74. The smallest absolute Gasteiger partial charge is 0.278 e. The average molecular weight is 334 g/mol. The van der Waals surface area contributed by atoms with Gasteiger partial charge in [-0.3, -0.25) is 4.79 Å². The molecule has 0 saturated carbocycles. The summed E-state index contributed by atoms with van der Waals surface area (Å²) in [4.78, 5) is 21.0. The van der Waals surface area contributed by atoms with Gasteiger partial charge in [0, 0.05) is 11.3 Å². The van der Waals surface area contributed by atoms with Gasteiger partial charge < -0.3 is 15.8 Å². The summed E-state index contributed by atoms with van der Waals surface area (Å²) in [6.45, 7) is 2.01. The fourth-order valence-corrected chi connectivity index (χ4v) is 2.29. The van der Waals surface area contributed by atoms with Gasteiger partial charge in [0.25, 0.3) is 5.91 Å². The van der Waals surface area contributed by atoms with Gasteiger partial charge in [-0.05, 0) is 31.2 Å². The Balaban J connectivity index is 1.86. The van der Waals surface area contributed by atoms with Gasteiger partial charge in [0.1, 0.15) is 5.75 Å². The van der Waals surface area contributed by atoms with Gasteiger partial charge in [-0.1, -0.05) is 29.8 Å². The number of rotatable bonds is 4. The van der Waals surface area contributed by atoms with E-state index < -0.39 is 5.91 Å². The number of carbonyl (C=O) groups is 1. The number of hydrogen-bond acceptors (Lipinski definition) is 5. The Kier molecular flexibility index (Phi) is 4.61. The highest BCUT2D eigenvalue weighted by atomic mass is 16.5. The number of ether oxygens (including phenoxy) is 1. The van der Waals surface area contributed by atoms with E-state index >= 15 is 0 Å². The fraction of sp³-hybridized carbons (Fsp3) is 0.105. The molecule has 0 radical (unpaired) electrons. The highest BCUT2D eigenvalue weighted by Crippen LogP contribution is 2.20. The maximum absolute atomic E-state index is 12.5. The van der Waals surface area contributed by atoms with Crippen molar-refractivity contribution in [1.82, 2.24) is 9.97 Å². The van der Waals surface area contributed by atoms with E-state index in [1.165, 1.54) is 0 Å². The van der Waals surface area contributed by atoms with E-state index in [9.17, 15) is 4.79 Å². The lowest BCUT2D eigenvalue weighted by atomic mass is 10.1. The van der Waals surface area contributed by atoms with Crippen LogP contribution < -0.4 is 15.8 Å². The maximum Gasteiger partial charge on any atom is 0.278 e. The molecular weight excluding hydrogens is 316 g/mol. The zero-order valence-electron chi connectivity index (χ0n) is 14.0. The Labute approximate surface area is 145 Å². The monoisotopic (exact) mass is 334 g/mol. The zero-order valence-corrected chi connectivity index (χ0v) is 14.0. The van der Waals surface area contributed by atoms with Crippen molar-refractivity contribution in [3.63, 3.8) is 0 Å². The molecule has 1 amide bonds. The van der Waals surface area contributed by atoms with E-state index in [1.807, 2.05) is 31.2 Å². The number of anilines is 2. The van der Waals surface area contributed by atoms with Crippen molar-refractivity contribution >= 4 is 17.4 Å². The number of nitrogen functional groups attached to an aromatic ring is 1. The normalized spacial score (nSPS) is 10.3. The second-order valence-corrected chi connectivity index (χ2v) is 5.54. The second kappa shape index (κ2) is 7.00. The third-order valence-electron chi connectivity index (χ3n) is 3.71. The van der Waals surface area contributed by atoms with Crippen LogP contribution in [-0.4, -0.2) is 23.0 Å². The molecule has 0 aliphatic rings. The summed E-state index contributed by atoms with van der Waals surface area (Å²) in [5.74, 6) is 0.379. The minimum atomic E-state index is -0.413. The molecule has 2 aromatic carbocycles. The standard InChI is InChI=1S/C19H18N4O2/c1-12-3-5-13(6-4-12)16-11-21-18(20)17(23-16)19(24)22-14-7-9-15(25-2)10-8-14/h3-11H,1-2H3,(H2,20,21)(H,22,24). The van der Waals surface area contributed by atoms with Gasteiger partial charge in [0.15, 0.2) is 11.5 Å². The molecule has 1 aromatic heterocycles. The summed E-state index contributed by atoms with van der Waals surface area (Å²) in [6, 6.07) is 14.8. The number of nitrogens with two attached hydrogens (primary N) is 1. The van der Waals surface area contributed by atoms with Gasteiger partial charge in [0.05, 0.1) is 19.0 Å². The molecule has 0 aliphatic carbocycles. The van der Waals surface area contributed by atoms with Crippen molar-refractivity contribution in [2.45, 2.75) is 6.92 Å². The number of aryl methyl sites for hydroxylation is 1. The first kappa shape index (κ1) is 16.4. The lowest BCUT2D eigenvalue weighted by Crippen LogP contribution is -2.17. The van der Waals surface area contributed by atoms with Gasteiger partial charge >= 0.3 is 0 Å². The largest absolute Gasteiger partial charge is 0.497 e. The summed E-state index contributed by atoms with van der Waals surface area (Å²) in [7, 11) is 1.58. The molecule has 3 aromatic rings. The molecule has 6 nitrogen and oxygen atoms in total. The predicted molar refractivity (Wildman–Crippen MR) is 97.6 cm³/mol. The first-order valence-electron chi connectivity index (χ1n) is 7.72. The number of amides is 1. The Bertz CT molecular complexity index is 890. The van der Waals surface area contributed by atoms with Crippen LogP contribution in [0.15, 0.2) is 54.7 Å². The number of benzene rings is 2. The van der Waals surface area contributed by atoms with Crippen molar-refractivity contribution in [2.24, 2.45) is 0 Å². The second-order valence-electron chi connectivity index (χ2n) is 5.54. The number of nitrogens with zero attached hydrogens (tertiary/aromatic N) is 2. The Morgan fingerprint density at radius 2 is 1.76 bits per heavy atom. The van der Waals surface area contributed by atoms with E-state index in [2.05, 4.69) is 15.3 Å². The number of aromatic nitrogens is 2. The molecule has 3 rings (SSSR count). The first-order chi connectivity index (χ1) is 12.1. The number of methoxy groups -OCH3 is 1. The van der Waals surface area contributed by atoms with Crippen LogP contribution in [-0.2, 0) is 0 Å². The summed E-state index contributed by atoms with van der Waals surface area (Å²) >= 11 is 0. The highest BCUT2D eigenvalue weighted by molar-refractivity contribution is 6.06. The van der Waals surface area contributed by atoms with Gasteiger partial charge in [0.2, 0.25) is 0 Å². The van der Waals surface area contributed by atoms with Crippen LogP contribution in [0, 0.1) is 6.92 Å². The molecule has 0 unspecified atom stereocenters. The predicted octanol–water partition coefficient (Wildman–Crippen LogP) is 3.30. The molecule has 1 heterocycles. The third-order valence-corrected chi connectivity index (χ3v) is 3.71. The SMILES string of the molecule is COc1ccc(NC(=O)c2nc(-c3ccc(C)cc3)cnc2N)cc1. The van der Waals surface area contributed by atoms with Crippen LogP contribution in [0.3, 0.4) is 0 Å². The molecule has 0 spiro atoms. The van der Waals surface area contributed by atoms with E-state index in [4.69, 9.17) is 10.5 Å². The van der Waals surface area contributed by atoms with Crippen LogP contribution in [0.25, 0.3) is 11.3 Å². The summed E-state index contributed by atoms with van der Waals surface area (Å²) in [5, 5.41) is 2.76. The van der Waals surface area contributed by atoms with Crippen LogP contribution >= 0.6 is 0 Å².